The first-order valence-corrected chi connectivity index (χ1v) is 6.44. The Morgan fingerprint density at radius 1 is 1.35 bits per heavy atom. The van der Waals surface area contributed by atoms with E-state index >= 15 is 0 Å². The van der Waals surface area contributed by atoms with Crippen LogP contribution in [0.1, 0.15) is 13.3 Å². The minimum absolute atomic E-state index is 0.183. The summed E-state index contributed by atoms with van der Waals surface area (Å²) in [5.41, 5.74) is 7.15. The SMILES string of the molecule is CC1CN(c2c(Cl)cc(N)cc2Cl)CCCO1. The van der Waals surface area contributed by atoms with Gasteiger partial charge in [0.15, 0.2) is 0 Å². The molecule has 2 rings (SSSR count). The largest absolute Gasteiger partial charge is 0.399 e. The van der Waals surface area contributed by atoms with Crippen LogP contribution in [0.4, 0.5) is 11.4 Å². The molecule has 1 aromatic rings. The second kappa shape index (κ2) is 5.34. The maximum absolute atomic E-state index is 6.22. The van der Waals surface area contributed by atoms with Gasteiger partial charge in [-0.2, -0.15) is 0 Å². The summed E-state index contributed by atoms with van der Waals surface area (Å²) in [7, 11) is 0. The van der Waals surface area contributed by atoms with Crippen molar-refractivity contribution in [3.8, 4) is 0 Å². The zero-order valence-corrected chi connectivity index (χ0v) is 11.3. The molecular formula is C12H16Cl2N2O. The first-order chi connectivity index (χ1) is 8.08. The van der Waals surface area contributed by atoms with Crippen LogP contribution in [0.5, 0.6) is 0 Å². The van der Waals surface area contributed by atoms with E-state index in [1.807, 2.05) is 0 Å². The lowest BCUT2D eigenvalue weighted by Crippen LogP contribution is -2.30. The smallest absolute Gasteiger partial charge is 0.0747 e. The van der Waals surface area contributed by atoms with E-state index in [0.29, 0.717) is 15.7 Å². The maximum Gasteiger partial charge on any atom is 0.0747 e. The van der Waals surface area contributed by atoms with E-state index in [1.54, 1.807) is 12.1 Å². The molecule has 17 heavy (non-hydrogen) atoms. The van der Waals surface area contributed by atoms with Crippen LogP contribution in [0.25, 0.3) is 0 Å². The van der Waals surface area contributed by atoms with Crippen LogP contribution < -0.4 is 10.6 Å². The summed E-state index contributed by atoms with van der Waals surface area (Å²) in [6.07, 6.45) is 1.16. The number of nitrogen functional groups attached to an aromatic ring is 1. The molecule has 1 unspecified atom stereocenters. The van der Waals surface area contributed by atoms with Crippen molar-refractivity contribution in [1.82, 2.24) is 0 Å². The third kappa shape index (κ3) is 2.97. The van der Waals surface area contributed by atoms with Gasteiger partial charge in [0, 0.05) is 25.4 Å². The number of anilines is 2. The summed E-state index contributed by atoms with van der Waals surface area (Å²) >= 11 is 12.4. The summed E-state index contributed by atoms with van der Waals surface area (Å²) in [4.78, 5) is 2.17. The lowest BCUT2D eigenvalue weighted by atomic mass is 10.2. The van der Waals surface area contributed by atoms with Crippen LogP contribution in [0, 0.1) is 0 Å². The average Bonchev–Trinajstić information content (AvgIpc) is 2.41. The van der Waals surface area contributed by atoms with Crippen molar-refractivity contribution in [3.63, 3.8) is 0 Å². The van der Waals surface area contributed by atoms with E-state index in [9.17, 15) is 0 Å². The van der Waals surface area contributed by atoms with Crippen LogP contribution in [-0.2, 0) is 4.74 Å². The number of nitrogens with two attached hydrogens (primary N) is 1. The minimum Gasteiger partial charge on any atom is -0.399 e. The van der Waals surface area contributed by atoms with E-state index in [2.05, 4.69) is 11.8 Å². The van der Waals surface area contributed by atoms with Crippen LogP contribution in [0.3, 0.4) is 0 Å². The van der Waals surface area contributed by atoms with E-state index < -0.39 is 0 Å². The van der Waals surface area contributed by atoms with Crippen molar-refractivity contribution < 1.29 is 4.74 Å². The summed E-state index contributed by atoms with van der Waals surface area (Å²) < 4.78 is 5.61. The molecular weight excluding hydrogens is 259 g/mol. The second-order valence-corrected chi connectivity index (χ2v) is 5.13. The molecule has 0 amide bonds. The van der Waals surface area contributed by atoms with Gasteiger partial charge >= 0.3 is 0 Å². The molecule has 0 saturated carbocycles. The Hall–Kier alpha value is -0.640. The van der Waals surface area contributed by atoms with Crippen LogP contribution in [0.15, 0.2) is 12.1 Å². The predicted octanol–water partition coefficient (Wildman–Crippen LogP) is 3.19. The zero-order chi connectivity index (χ0) is 12.4. The number of rotatable bonds is 1. The van der Waals surface area contributed by atoms with Gasteiger partial charge < -0.3 is 15.4 Å². The molecule has 0 aliphatic carbocycles. The second-order valence-electron chi connectivity index (χ2n) is 4.31. The third-order valence-electron chi connectivity index (χ3n) is 2.81. The number of ether oxygens (including phenoxy) is 1. The van der Waals surface area contributed by atoms with Gasteiger partial charge in [-0.05, 0) is 25.5 Å². The quantitative estimate of drug-likeness (QED) is 0.800. The number of benzene rings is 1. The number of hydrogen-bond donors (Lipinski definition) is 1. The molecule has 0 bridgehead atoms. The molecule has 94 valence electrons. The Morgan fingerprint density at radius 2 is 2.00 bits per heavy atom. The van der Waals surface area contributed by atoms with Gasteiger partial charge in [-0.1, -0.05) is 23.2 Å². The highest BCUT2D eigenvalue weighted by Crippen LogP contribution is 2.36. The van der Waals surface area contributed by atoms with Gasteiger partial charge in [0.25, 0.3) is 0 Å². The fraction of sp³-hybridized carbons (Fsp3) is 0.500. The normalized spacial score (nSPS) is 21.4. The van der Waals surface area contributed by atoms with Crippen molar-refractivity contribution in [2.75, 3.05) is 30.3 Å². The molecule has 0 spiro atoms. The number of halogens is 2. The molecule has 3 nitrogen and oxygen atoms in total. The summed E-state index contributed by atoms with van der Waals surface area (Å²) in [5, 5.41) is 1.20. The predicted molar refractivity (Wildman–Crippen MR) is 73.1 cm³/mol. The highest BCUT2D eigenvalue weighted by atomic mass is 35.5. The topological polar surface area (TPSA) is 38.5 Å². The Morgan fingerprint density at radius 3 is 2.65 bits per heavy atom. The van der Waals surface area contributed by atoms with Crippen molar-refractivity contribution in [1.29, 1.82) is 0 Å². The standard InChI is InChI=1S/C12H16Cl2N2O/c1-8-7-16(3-2-4-17-8)12-10(13)5-9(15)6-11(12)14/h5-6,8H,2-4,7,15H2,1H3. The monoisotopic (exact) mass is 274 g/mol. The van der Waals surface area contributed by atoms with E-state index in [4.69, 9.17) is 33.7 Å². The molecule has 2 N–H and O–H groups in total. The lowest BCUT2D eigenvalue weighted by molar-refractivity contribution is 0.0821. The van der Waals surface area contributed by atoms with Gasteiger partial charge in [-0.25, -0.2) is 0 Å². The van der Waals surface area contributed by atoms with Gasteiger partial charge in [0.1, 0.15) is 0 Å². The molecule has 1 aliphatic rings. The van der Waals surface area contributed by atoms with Crippen molar-refractivity contribution >= 4 is 34.6 Å². The molecule has 1 aliphatic heterocycles. The van der Waals surface area contributed by atoms with Crippen molar-refractivity contribution in [3.05, 3.63) is 22.2 Å². The van der Waals surface area contributed by atoms with E-state index in [1.165, 1.54) is 0 Å². The van der Waals surface area contributed by atoms with Gasteiger partial charge in [-0.15, -0.1) is 0 Å². The van der Waals surface area contributed by atoms with E-state index in [-0.39, 0.29) is 6.10 Å². The lowest BCUT2D eigenvalue weighted by Gasteiger charge is -2.26. The summed E-state index contributed by atoms with van der Waals surface area (Å²) in [5.74, 6) is 0. The fourth-order valence-electron chi connectivity index (χ4n) is 2.08. The van der Waals surface area contributed by atoms with Crippen LogP contribution >= 0.6 is 23.2 Å². The molecule has 1 atom stereocenters. The van der Waals surface area contributed by atoms with Gasteiger partial charge in [0.05, 0.1) is 21.8 Å². The number of nitrogens with zero attached hydrogens (tertiary/aromatic N) is 1. The Labute approximate surface area is 111 Å². The zero-order valence-electron chi connectivity index (χ0n) is 9.75. The van der Waals surface area contributed by atoms with Crippen LogP contribution in [0.2, 0.25) is 10.0 Å². The fourth-order valence-corrected chi connectivity index (χ4v) is 2.83. The average molecular weight is 275 g/mol. The molecule has 1 heterocycles. The molecule has 1 aromatic carbocycles. The number of hydrogen-bond acceptors (Lipinski definition) is 3. The van der Waals surface area contributed by atoms with E-state index in [0.717, 1.165) is 31.8 Å². The van der Waals surface area contributed by atoms with Gasteiger partial charge in [0.2, 0.25) is 0 Å². The highest BCUT2D eigenvalue weighted by Gasteiger charge is 2.20. The maximum atomic E-state index is 6.22. The van der Waals surface area contributed by atoms with Crippen molar-refractivity contribution in [2.45, 2.75) is 19.4 Å². The summed E-state index contributed by atoms with van der Waals surface area (Å²) in [6, 6.07) is 3.47. The summed E-state index contributed by atoms with van der Waals surface area (Å²) in [6.45, 7) is 4.52. The molecule has 0 radical (unpaired) electrons. The van der Waals surface area contributed by atoms with Crippen molar-refractivity contribution in [2.24, 2.45) is 0 Å². The molecule has 1 fully saturated rings. The van der Waals surface area contributed by atoms with Gasteiger partial charge in [-0.3, -0.25) is 0 Å². The van der Waals surface area contributed by atoms with Crippen LogP contribution in [-0.4, -0.2) is 25.8 Å². The Balaban J connectivity index is 2.32. The minimum atomic E-state index is 0.183. The first-order valence-electron chi connectivity index (χ1n) is 5.69. The Bertz CT molecular complexity index is 388. The Kier molecular flexibility index (Phi) is 4.02. The molecule has 1 saturated heterocycles. The highest BCUT2D eigenvalue weighted by molar-refractivity contribution is 6.39. The first kappa shape index (κ1) is 12.8. The molecule has 0 aromatic heterocycles. The third-order valence-corrected chi connectivity index (χ3v) is 3.38. The molecule has 5 heteroatoms.